The first-order valence-electron chi connectivity index (χ1n) is 10.2. The summed E-state index contributed by atoms with van der Waals surface area (Å²) in [5.41, 5.74) is 7.26. The Bertz CT molecular complexity index is 977. The third-order valence-corrected chi connectivity index (χ3v) is 8.12. The van der Waals surface area contributed by atoms with E-state index in [1.807, 2.05) is 0 Å². The lowest BCUT2D eigenvalue weighted by Crippen LogP contribution is -2.40. The van der Waals surface area contributed by atoms with Gasteiger partial charge in [-0.1, -0.05) is 12.1 Å². The summed E-state index contributed by atoms with van der Waals surface area (Å²) >= 11 is 0. The van der Waals surface area contributed by atoms with Crippen molar-refractivity contribution in [1.29, 1.82) is 0 Å². The summed E-state index contributed by atoms with van der Waals surface area (Å²) in [6.45, 7) is 2.81. The molecule has 29 heavy (non-hydrogen) atoms. The molecule has 3 N–H and O–H groups in total. The van der Waals surface area contributed by atoms with Crippen LogP contribution in [0, 0.1) is 5.92 Å². The first-order valence-corrected chi connectivity index (χ1v) is 11.7. The van der Waals surface area contributed by atoms with Gasteiger partial charge >= 0.3 is 0 Å². The molecular weight excluding hydrogens is 386 g/mol. The number of carbonyl (C=O) groups is 1. The molecule has 4 rings (SSSR count). The average Bonchev–Trinajstić information content (AvgIpc) is 3.54. The summed E-state index contributed by atoms with van der Waals surface area (Å²) in [6, 6.07) is 13.2. The van der Waals surface area contributed by atoms with Crippen LogP contribution in [0.25, 0.3) is 0 Å². The van der Waals surface area contributed by atoms with Crippen molar-refractivity contribution in [3.8, 4) is 0 Å². The Kier molecular flexibility index (Phi) is 5.61. The molecule has 0 unspecified atom stereocenters. The number of carbonyl (C=O) groups excluding carboxylic acids is 1. The number of anilines is 2. The van der Waals surface area contributed by atoms with E-state index in [-0.39, 0.29) is 16.1 Å². The van der Waals surface area contributed by atoms with Gasteiger partial charge in [-0.15, -0.1) is 0 Å². The van der Waals surface area contributed by atoms with Crippen molar-refractivity contribution in [3.63, 3.8) is 0 Å². The van der Waals surface area contributed by atoms with E-state index in [1.165, 1.54) is 25.0 Å². The van der Waals surface area contributed by atoms with Gasteiger partial charge in [0.25, 0.3) is 5.91 Å². The van der Waals surface area contributed by atoms with Crippen molar-refractivity contribution in [2.45, 2.75) is 35.8 Å². The van der Waals surface area contributed by atoms with Gasteiger partial charge in [-0.25, -0.2) is 8.42 Å². The lowest BCUT2D eigenvalue weighted by Gasteiger charge is -2.31. The molecule has 0 atom stereocenters. The summed E-state index contributed by atoms with van der Waals surface area (Å²) in [5.74, 6) is 0.508. The minimum absolute atomic E-state index is 0.286. The molecule has 0 spiro atoms. The number of nitrogens with zero attached hydrogens (tertiary/aromatic N) is 1. The van der Waals surface area contributed by atoms with Gasteiger partial charge < -0.3 is 16.0 Å². The van der Waals surface area contributed by atoms with Crippen LogP contribution in [-0.2, 0) is 9.84 Å². The second-order valence-electron chi connectivity index (χ2n) is 8.05. The number of rotatable bonds is 6. The molecule has 1 saturated heterocycles. The van der Waals surface area contributed by atoms with Gasteiger partial charge in [-0.3, -0.25) is 4.79 Å². The SMILES string of the molecule is Nc1ccccc1NC(=O)c1ccc(S(=O)(=O)C2CCN(CC3CC3)CC2)cc1. The third kappa shape index (κ3) is 4.62. The zero-order valence-corrected chi connectivity index (χ0v) is 17.2. The van der Waals surface area contributed by atoms with Crippen LogP contribution in [0.2, 0.25) is 0 Å². The van der Waals surface area contributed by atoms with Gasteiger partial charge in [-0.2, -0.15) is 0 Å². The normalized spacial score (nSPS) is 18.5. The van der Waals surface area contributed by atoms with Gasteiger partial charge in [0.1, 0.15) is 0 Å². The maximum atomic E-state index is 13.0. The largest absolute Gasteiger partial charge is 0.397 e. The van der Waals surface area contributed by atoms with Gasteiger partial charge in [-0.05, 0) is 81.1 Å². The number of nitrogen functional groups attached to an aromatic ring is 1. The van der Waals surface area contributed by atoms with Crippen molar-refractivity contribution in [1.82, 2.24) is 4.90 Å². The summed E-state index contributed by atoms with van der Waals surface area (Å²) in [4.78, 5) is 15.1. The predicted molar refractivity (Wildman–Crippen MR) is 115 cm³/mol. The number of amides is 1. The summed E-state index contributed by atoms with van der Waals surface area (Å²) < 4.78 is 26.0. The second-order valence-corrected chi connectivity index (χ2v) is 10.3. The average molecular weight is 414 g/mol. The molecule has 2 fully saturated rings. The molecule has 2 aliphatic rings. The monoisotopic (exact) mass is 413 g/mol. The van der Waals surface area contributed by atoms with Crippen LogP contribution >= 0.6 is 0 Å². The fourth-order valence-electron chi connectivity index (χ4n) is 3.86. The fourth-order valence-corrected chi connectivity index (χ4v) is 5.59. The van der Waals surface area contributed by atoms with E-state index < -0.39 is 9.84 Å². The first kappa shape index (κ1) is 19.9. The van der Waals surface area contributed by atoms with Crippen LogP contribution in [0.1, 0.15) is 36.0 Å². The number of sulfone groups is 1. The molecule has 2 aromatic rings. The second kappa shape index (κ2) is 8.16. The van der Waals surface area contributed by atoms with E-state index in [0.29, 0.717) is 29.8 Å². The highest BCUT2D eigenvalue weighted by molar-refractivity contribution is 7.92. The number of nitrogens with one attached hydrogen (secondary N) is 1. The Morgan fingerprint density at radius 1 is 1.00 bits per heavy atom. The number of nitrogens with two attached hydrogens (primary N) is 1. The van der Waals surface area contributed by atoms with Crippen molar-refractivity contribution in [2.24, 2.45) is 5.92 Å². The number of likely N-dealkylation sites (tertiary alicyclic amines) is 1. The zero-order chi connectivity index (χ0) is 20.4. The molecule has 1 aliphatic carbocycles. The maximum absolute atomic E-state index is 13.0. The van der Waals surface area contributed by atoms with E-state index >= 15 is 0 Å². The lowest BCUT2D eigenvalue weighted by atomic mass is 10.1. The van der Waals surface area contributed by atoms with E-state index in [0.717, 1.165) is 25.6 Å². The molecule has 1 amide bonds. The Labute approximate surface area is 172 Å². The number of hydrogen-bond donors (Lipinski definition) is 2. The van der Waals surface area contributed by atoms with Crippen LogP contribution in [0.3, 0.4) is 0 Å². The Balaban J connectivity index is 1.40. The van der Waals surface area contributed by atoms with E-state index in [1.54, 1.807) is 36.4 Å². The van der Waals surface area contributed by atoms with Crippen LogP contribution < -0.4 is 11.1 Å². The number of benzene rings is 2. The summed E-state index contributed by atoms with van der Waals surface area (Å²) in [7, 11) is -3.38. The number of piperidine rings is 1. The van der Waals surface area contributed by atoms with E-state index in [9.17, 15) is 13.2 Å². The van der Waals surface area contributed by atoms with Crippen molar-refractivity contribution in [3.05, 3.63) is 54.1 Å². The molecule has 0 bridgehead atoms. The third-order valence-electron chi connectivity index (χ3n) is 5.84. The molecule has 1 heterocycles. The van der Waals surface area contributed by atoms with Crippen molar-refractivity contribution in [2.75, 3.05) is 30.7 Å². The first-order chi connectivity index (χ1) is 13.9. The molecule has 1 aliphatic heterocycles. The topological polar surface area (TPSA) is 92.5 Å². The predicted octanol–water partition coefficient (Wildman–Crippen LogP) is 3.17. The van der Waals surface area contributed by atoms with Gasteiger partial charge in [0, 0.05) is 12.1 Å². The van der Waals surface area contributed by atoms with Crippen LogP contribution in [0.15, 0.2) is 53.4 Å². The minimum atomic E-state index is -3.38. The highest BCUT2D eigenvalue weighted by atomic mass is 32.2. The van der Waals surface area contributed by atoms with Gasteiger partial charge in [0.05, 0.1) is 21.5 Å². The zero-order valence-electron chi connectivity index (χ0n) is 16.4. The fraction of sp³-hybridized carbons (Fsp3) is 0.409. The van der Waals surface area contributed by atoms with E-state index in [2.05, 4.69) is 10.2 Å². The smallest absolute Gasteiger partial charge is 0.255 e. The Hall–Kier alpha value is -2.38. The molecule has 154 valence electrons. The molecule has 6 nitrogen and oxygen atoms in total. The molecule has 0 aromatic heterocycles. The highest BCUT2D eigenvalue weighted by Crippen LogP contribution is 2.32. The standard InChI is InChI=1S/C22H27N3O3S/c23-20-3-1-2-4-21(20)24-22(26)17-7-9-18(10-8-17)29(27,28)19-11-13-25(14-12-19)15-16-5-6-16/h1-4,7-10,16,19H,5-6,11-15,23H2,(H,24,26). The molecule has 7 heteroatoms. The number of para-hydroxylation sites is 2. The quantitative estimate of drug-likeness (QED) is 0.710. The minimum Gasteiger partial charge on any atom is -0.397 e. The Morgan fingerprint density at radius 2 is 1.66 bits per heavy atom. The van der Waals surface area contributed by atoms with Gasteiger partial charge in [0.2, 0.25) is 0 Å². The molecule has 0 radical (unpaired) electrons. The number of hydrogen-bond acceptors (Lipinski definition) is 5. The van der Waals surface area contributed by atoms with E-state index in [4.69, 9.17) is 5.73 Å². The van der Waals surface area contributed by atoms with Crippen LogP contribution in [0.5, 0.6) is 0 Å². The maximum Gasteiger partial charge on any atom is 0.255 e. The van der Waals surface area contributed by atoms with Gasteiger partial charge in [0.15, 0.2) is 9.84 Å². The molecule has 1 saturated carbocycles. The van der Waals surface area contributed by atoms with Crippen molar-refractivity contribution < 1.29 is 13.2 Å². The van der Waals surface area contributed by atoms with Crippen LogP contribution in [0.4, 0.5) is 11.4 Å². The molecule has 2 aromatic carbocycles. The highest BCUT2D eigenvalue weighted by Gasteiger charge is 2.33. The summed E-state index contributed by atoms with van der Waals surface area (Å²) in [6.07, 6.45) is 3.97. The molecular formula is C22H27N3O3S. The summed E-state index contributed by atoms with van der Waals surface area (Å²) in [5, 5.41) is 2.41. The lowest BCUT2D eigenvalue weighted by molar-refractivity contribution is 0.102. The van der Waals surface area contributed by atoms with Crippen molar-refractivity contribution >= 4 is 27.1 Å². The Morgan fingerprint density at radius 3 is 2.28 bits per heavy atom. The van der Waals surface area contributed by atoms with Crippen LogP contribution in [-0.4, -0.2) is 44.1 Å².